The third-order valence-corrected chi connectivity index (χ3v) is 4.94. The fraction of sp³-hybridized carbons (Fsp3) is 0.348. The fourth-order valence-corrected chi connectivity index (χ4v) is 3.13. The molecule has 2 rings (SSSR count). The molecule has 0 aromatic heterocycles. The highest BCUT2D eigenvalue weighted by Gasteiger charge is 2.22. The maximum absolute atomic E-state index is 12.6. The number of aryl methyl sites for hydroxylation is 1. The first kappa shape index (κ1) is 29.9. The van der Waals surface area contributed by atoms with Crippen LogP contribution in [0.2, 0.25) is 0 Å². The number of phenolic OH excluding ortho intramolecular Hbond substituents is 1. The van der Waals surface area contributed by atoms with E-state index in [1.54, 1.807) is 44.3 Å². The molecule has 0 heterocycles. The van der Waals surface area contributed by atoms with Gasteiger partial charge in [-0.25, -0.2) is 0 Å². The van der Waals surface area contributed by atoms with Gasteiger partial charge in [-0.15, -0.1) is 12.4 Å². The first-order chi connectivity index (χ1) is 14.8. The van der Waals surface area contributed by atoms with Gasteiger partial charge in [-0.05, 0) is 62.6 Å². The molecule has 0 unspecified atom stereocenters. The van der Waals surface area contributed by atoms with Crippen LogP contribution < -0.4 is 21.7 Å². The number of carbonyl (C=O) groups is 3. The number of benzene rings is 2. The molecular formula is C23H33ClN4O5. The Morgan fingerprint density at radius 2 is 1.67 bits per heavy atom. The Bertz CT molecular complexity index is 908. The van der Waals surface area contributed by atoms with Crippen molar-refractivity contribution in [2.24, 2.45) is 5.73 Å². The Morgan fingerprint density at radius 1 is 1.03 bits per heavy atom. The minimum absolute atomic E-state index is 0. The molecular weight excluding hydrogens is 448 g/mol. The molecule has 3 amide bonds. The van der Waals surface area contributed by atoms with Crippen LogP contribution in [0.3, 0.4) is 0 Å². The van der Waals surface area contributed by atoms with Gasteiger partial charge >= 0.3 is 0 Å². The number of hydrogen-bond acceptors (Lipinski definition) is 5. The highest BCUT2D eigenvalue weighted by molar-refractivity contribution is 5.98. The van der Waals surface area contributed by atoms with E-state index in [9.17, 15) is 19.5 Å². The summed E-state index contributed by atoms with van der Waals surface area (Å²) in [6, 6.07) is 12.7. The van der Waals surface area contributed by atoms with E-state index in [2.05, 4.69) is 16.0 Å². The molecule has 0 radical (unpaired) electrons. The van der Waals surface area contributed by atoms with Crippen LogP contribution in [0, 0.1) is 0 Å². The molecule has 182 valence electrons. The van der Waals surface area contributed by atoms with Crippen molar-refractivity contribution in [3.63, 3.8) is 0 Å². The summed E-state index contributed by atoms with van der Waals surface area (Å²) in [5.41, 5.74) is 7.62. The number of halogens is 1. The van der Waals surface area contributed by atoms with Crippen LogP contribution in [0.1, 0.15) is 30.9 Å². The van der Waals surface area contributed by atoms with Gasteiger partial charge in [-0.1, -0.05) is 30.3 Å². The maximum atomic E-state index is 12.6. The summed E-state index contributed by atoms with van der Waals surface area (Å²) in [6.45, 7) is 1.62. The quantitative estimate of drug-likeness (QED) is 0.324. The number of anilines is 1. The Kier molecular flexibility index (Phi) is 13.4. The van der Waals surface area contributed by atoms with Crippen molar-refractivity contribution in [1.82, 2.24) is 10.6 Å². The third kappa shape index (κ3) is 9.90. The summed E-state index contributed by atoms with van der Waals surface area (Å²) in [4.78, 5) is 36.2. The predicted octanol–water partition coefficient (Wildman–Crippen LogP) is 1.07. The number of aromatic hydroxyl groups is 1. The molecule has 0 saturated heterocycles. The summed E-state index contributed by atoms with van der Waals surface area (Å²) < 4.78 is 0. The van der Waals surface area contributed by atoms with Crippen LogP contribution in [0.5, 0.6) is 5.75 Å². The van der Waals surface area contributed by atoms with Crippen molar-refractivity contribution >= 4 is 35.8 Å². The molecule has 9 nitrogen and oxygen atoms in total. The van der Waals surface area contributed by atoms with Gasteiger partial charge < -0.3 is 32.3 Å². The summed E-state index contributed by atoms with van der Waals surface area (Å²) in [5, 5.41) is 17.9. The van der Waals surface area contributed by atoms with E-state index in [0.29, 0.717) is 24.9 Å². The SMILES string of the molecule is CN[C@@H](Cc1ccc(O)cc1)C(=O)N[C@H](C)C(=O)Nc1ccccc1CCCC(N)=O.Cl.O. The monoisotopic (exact) mass is 480 g/mol. The normalized spacial score (nSPS) is 11.8. The molecule has 0 fully saturated rings. The van der Waals surface area contributed by atoms with Gasteiger partial charge in [-0.3, -0.25) is 14.4 Å². The van der Waals surface area contributed by atoms with Crippen molar-refractivity contribution in [2.45, 2.75) is 44.7 Å². The Balaban J connectivity index is 0.00000512. The second-order valence-corrected chi connectivity index (χ2v) is 7.41. The van der Waals surface area contributed by atoms with Gasteiger partial charge in [0.2, 0.25) is 17.7 Å². The molecule has 33 heavy (non-hydrogen) atoms. The molecule has 0 aliphatic carbocycles. The van der Waals surface area contributed by atoms with Crippen molar-refractivity contribution in [2.75, 3.05) is 12.4 Å². The number of para-hydroxylation sites is 1. The van der Waals surface area contributed by atoms with Crippen LogP contribution in [0.15, 0.2) is 48.5 Å². The molecule has 2 atom stereocenters. The van der Waals surface area contributed by atoms with Crippen molar-refractivity contribution < 1.29 is 25.0 Å². The zero-order valence-electron chi connectivity index (χ0n) is 18.8. The van der Waals surface area contributed by atoms with E-state index in [-0.39, 0.29) is 47.8 Å². The third-order valence-electron chi connectivity index (χ3n) is 4.94. The lowest BCUT2D eigenvalue weighted by Gasteiger charge is -2.20. The molecule has 0 aliphatic rings. The number of amides is 3. The maximum Gasteiger partial charge on any atom is 0.246 e. The average molecular weight is 481 g/mol. The molecule has 8 N–H and O–H groups in total. The Hall–Kier alpha value is -3.14. The number of nitrogens with two attached hydrogens (primary N) is 1. The smallest absolute Gasteiger partial charge is 0.246 e. The molecule has 2 aromatic rings. The zero-order chi connectivity index (χ0) is 22.8. The first-order valence-corrected chi connectivity index (χ1v) is 10.2. The lowest BCUT2D eigenvalue weighted by molar-refractivity contribution is -0.127. The molecule has 0 bridgehead atoms. The number of hydrogen-bond donors (Lipinski definition) is 5. The lowest BCUT2D eigenvalue weighted by atomic mass is 10.0. The van der Waals surface area contributed by atoms with Gasteiger partial charge in [0, 0.05) is 12.1 Å². The van der Waals surface area contributed by atoms with Crippen LogP contribution in [0.25, 0.3) is 0 Å². The van der Waals surface area contributed by atoms with Gasteiger partial charge in [0.25, 0.3) is 0 Å². The number of nitrogens with one attached hydrogen (secondary N) is 3. The fourth-order valence-electron chi connectivity index (χ4n) is 3.13. The second-order valence-electron chi connectivity index (χ2n) is 7.41. The van der Waals surface area contributed by atoms with E-state index in [1.165, 1.54) is 0 Å². The number of primary amides is 1. The highest BCUT2D eigenvalue weighted by Crippen LogP contribution is 2.18. The summed E-state index contributed by atoms with van der Waals surface area (Å²) in [6.07, 6.45) is 1.89. The number of rotatable bonds is 11. The van der Waals surface area contributed by atoms with Crippen molar-refractivity contribution in [1.29, 1.82) is 0 Å². The largest absolute Gasteiger partial charge is 0.508 e. The molecule has 2 aromatic carbocycles. The van der Waals surface area contributed by atoms with Crippen LogP contribution in [-0.4, -0.2) is 47.4 Å². The van der Waals surface area contributed by atoms with E-state index in [4.69, 9.17) is 5.73 Å². The molecule has 0 aliphatic heterocycles. The number of carbonyl (C=O) groups excluding carboxylic acids is 3. The summed E-state index contributed by atoms with van der Waals surface area (Å²) >= 11 is 0. The van der Waals surface area contributed by atoms with Crippen molar-refractivity contribution in [3.8, 4) is 5.75 Å². The van der Waals surface area contributed by atoms with Gasteiger partial charge in [0.15, 0.2) is 0 Å². The van der Waals surface area contributed by atoms with E-state index < -0.39 is 12.1 Å². The van der Waals surface area contributed by atoms with Crippen LogP contribution in [0.4, 0.5) is 5.69 Å². The van der Waals surface area contributed by atoms with E-state index >= 15 is 0 Å². The minimum atomic E-state index is -0.748. The topological polar surface area (TPSA) is 165 Å². The first-order valence-electron chi connectivity index (χ1n) is 10.2. The van der Waals surface area contributed by atoms with Gasteiger partial charge in [0.05, 0.1) is 6.04 Å². The Labute approximate surface area is 199 Å². The van der Waals surface area contributed by atoms with Crippen molar-refractivity contribution in [3.05, 3.63) is 59.7 Å². The average Bonchev–Trinajstić information content (AvgIpc) is 2.74. The predicted molar refractivity (Wildman–Crippen MR) is 130 cm³/mol. The summed E-state index contributed by atoms with van der Waals surface area (Å²) in [7, 11) is 1.68. The van der Waals surface area contributed by atoms with E-state index in [1.807, 2.05) is 18.2 Å². The van der Waals surface area contributed by atoms with Gasteiger partial charge in [0.1, 0.15) is 11.8 Å². The summed E-state index contributed by atoms with van der Waals surface area (Å²) in [5.74, 6) is -0.832. The van der Waals surface area contributed by atoms with Crippen LogP contribution >= 0.6 is 12.4 Å². The lowest BCUT2D eigenvalue weighted by Crippen LogP contribution is -2.50. The second kappa shape index (κ2) is 14.8. The Morgan fingerprint density at radius 3 is 2.27 bits per heavy atom. The van der Waals surface area contributed by atoms with Gasteiger partial charge in [-0.2, -0.15) is 0 Å². The zero-order valence-corrected chi connectivity index (χ0v) is 19.6. The number of phenols is 1. The van der Waals surface area contributed by atoms with E-state index in [0.717, 1.165) is 11.1 Å². The molecule has 10 heteroatoms. The molecule has 0 saturated carbocycles. The van der Waals surface area contributed by atoms with Crippen LogP contribution in [-0.2, 0) is 27.2 Å². The number of likely N-dealkylation sites (N-methyl/N-ethyl adjacent to an activating group) is 1. The standard InChI is InChI=1S/C23H30N4O4.ClH.H2O/c1-15(26-23(31)20(25-2)14-16-10-12-18(28)13-11-16)22(30)27-19-8-4-3-6-17(19)7-5-9-21(24)29;;/h3-4,6,8,10-13,15,20,25,28H,5,7,9,14H2,1-2H3,(H2,24,29)(H,26,31)(H,27,30);1H;1H2/t15-,20+;;/m1../s1. The molecule has 0 spiro atoms. The highest BCUT2D eigenvalue weighted by atomic mass is 35.5. The minimum Gasteiger partial charge on any atom is -0.508 e.